The van der Waals surface area contributed by atoms with Crippen LogP contribution in [-0.2, 0) is 11.3 Å². The fraction of sp³-hybridized carbons (Fsp3) is 0.348. The molecule has 7 heteroatoms. The highest BCUT2D eigenvalue weighted by atomic mass is 32.1. The van der Waals surface area contributed by atoms with Crippen LogP contribution in [0.2, 0.25) is 0 Å². The first-order valence-electron chi connectivity index (χ1n) is 10.5. The molecule has 1 saturated heterocycles. The van der Waals surface area contributed by atoms with E-state index in [2.05, 4.69) is 45.7 Å². The minimum Gasteiger partial charge on any atom is -0.373 e. The van der Waals surface area contributed by atoms with Crippen molar-refractivity contribution in [1.29, 1.82) is 0 Å². The minimum atomic E-state index is 0.0897. The summed E-state index contributed by atoms with van der Waals surface area (Å²) in [5.41, 5.74) is 2.44. The Morgan fingerprint density at radius 3 is 2.80 bits per heavy atom. The van der Waals surface area contributed by atoms with Crippen LogP contribution in [0.25, 0.3) is 21.3 Å². The van der Waals surface area contributed by atoms with Gasteiger partial charge in [0.1, 0.15) is 16.5 Å². The van der Waals surface area contributed by atoms with Gasteiger partial charge in [-0.1, -0.05) is 30.3 Å². The van der Waals surface area contributed by atoms with Crippen molar-refractivity contribution >= 4 is 27.4 Å². The molecule has 4 heterocycles. The van der Waals surface area contributed by atoms with Gasteiger partial charge in [-0.25, -0.2) is 9.97 Å². The maximum absolute atomic E-state index is 6.06. The van der Waals surface area contributed by atoms with E-state index in [1.54, 1.807) is 11.3 Å². The lowest BCUT2D eigenvalue weighted by Crippen LogP contribution is -2.45. The summed E-state index contributed by atoms with van der Waals surface area (Å²) in [5, 5.41) is 7.75. The molecular weight excluding hydrogens is 394 g/mol. The number of hydrogen-bond acceptors (Lipinski definition) is 6. The first-order valence-corrected chi connectivity index (χ1v) is 11.4. The summed E-state index contributed by atoms with van der Waals surface area (Å²) in [6.07, 6.45) is 6.29. The Morgan fingerprint density at radius 1 is 1.10 bits per heavy atom. The third-order valence-corrected chi connectivity index (χ3v) is 6.72. The van der Waals surface area contributed by atoms with Gasteiger partial charge in [0.15, 0.2) is 0 Å². The summed E-state index contributed by atoms with van der Waals surface area (Å²) in [6, 6.07) is 12.5. The van der Waals surface area contributed by atoms with Gasteiger partial charge in [0.25, 0.3) is 0 Å². The second kappa shape index (κ2) is 7.49. The Morgan fingerprint density at radius 2 is 2.00 bits per heavy atom. The molecule has 0 spiro atoms. The number of benzene rings is 1. The van der Waals surface area contributed by atoms with Gasteiger partial charge < -0.3 is 9.64 Å². The zero-order valence-corrected chi connectivity index (χ0v) is 17.5. The number of hydrogen-bond donors (Lipinski definition) is 0. The molecule has 4 aromatic rings. The van der Waals surface area contributed by atoms with Crippen molar-refractivity contribution in [3.63, 3.8) is 0 Å². The van der Waals surface area contributed by atoms with Crippen molar-refractivity contribution in [1.82, 2.24) is 19.7 Å². The summed E-state index contributed by atoms with van der Waals surface area (Å²) in [6.45, 7) is 3.10. The quantitative estimate of drug-likeness (QED) is 0.484. The Bertz CT molecular complexity index is 1150. The average molecular weight is 418 g/mol. The maximum Gasteiger partial charge on any atom is 0.141 e. The number of rotatable bonds is 5. The Hall–Kier alpha value is -2.77. The summed E-state index contributed by atoms with van der Waals surface area (Å²) in [4.78, 5) is 13.6. The van der Waals surface area contributed by atoms with E-state index in [9.17, 15) is 0 Å². The smallest absolute Gasteiger partial charge is 0.141 e. The molecular formula is C23H23N5OS. The summed E-state index contributed by atoms with van der Waals surface area (Å²) < 4.78 is 8.00. The first kappa shape index (κ1) is 18.0. The number of morpholine rings is 1. The number of fused-ring (bicyclic) bond motifs is 1. The van der Waals surface area contributed by atoms with E-state index in [-0.39, 0.29) is 6.10 Å². The number of anilines is 1. The fourth-order valence-corrected chi connectivity index (χ4v) is 5.11. The molecule has 6 rings (SSSR count). The highest BCUT2D eigenvalue weighted by Crippen LogP contribution is 2.43. The van der Waals surface area contributed by atoms with E-state index in [0.717, 1.165) is 36.1 Å². The molecule has 30 heavy (non-hydrogen) atoms. The molecule has 0 radical (unpaired) electrons. The molecule has 0 amide bonds. The molecule has 3 aromatic heterocycles. The SMILES string of the molecule is c1ccc(-c2csc3nc(C4CC4)nc(N4CCOC(Cn5cccn5)C4)c23)cc1. The number of nitrogens with zero attached hydrogens (tertiary/aromatic N) is 5. The van der Waals surface area contributed by atoms with E-state index in [0.29, 0.717) is 12.5 Å². The molecule has 1 aromatic carbocycles. The predicted octanol–water partition coefficient (Wildman–Crippen LogP) is 4.34. The van der Waals surface area contributed by atoms with Gasteiger partial charge in [0.2, 0.25) is 0 Å². The van der Waals surface area contributed by atoms with E-state index < -0.39 is 0 Å². The zero-order valence-electron chi connectivity index (χ0n) is 16.6. The van der Waals surface area contributed by atoms with Crippen molar-refractivity contribution in [3.05, 3.63) is 60.0 Å². The highest BCUT2D eigenvalue weighted by Gasteiger charge is 2.31. The molecule has 1 unspecified atom stereocenters. The van der Waals surface area contributed by atoms with Crippen LogP contribution >= 0.6 is 11.3 Å². The van der Waals surface area contributed by atoms with Crippen LogP contribution in [0.5, 0.6) is 0 Å². The van der Waals surface area contributed by atoms with E-state index in [4.69, 9.17) is 14.7 Å². The first-order chi connectivity index (χ1) is 14.8. The fourth-order valence-electron chi connectivity index (χ4n) is 4.16. The van der Waals surface area contributed by atoms with Gasteiger partial charge in [0, 0.05) is 42.3 Å². The maximum atomic E-state index is 6.06. The Kier molecular flexibility index (Phi) is 4.50. The minimum absolute atomic E-state index is 0.0897. The third kappa shape index (κ3) is 3.38. The van der Waals surface area contributed by atoms with Gasteiger partial charge in [-0.3, -0.25) is 4.68 Å². The van der Waals surface area contributed by atoms with Crippen molar-refractivity contribution in [2.75, 3.05) is 24.6 Å². The van der Waals surface area contributed by atoms with Crippen LogP contribution in [0.15, 0.2) is 54.2 Å². The van der Waals surface area contributed by atoms with Gasteiger partial charge in [-0.15, -0.1) is 11.3 Å². The molecule has 1 aliphatic heterocycles. The molecule has 1 aliphatic carbocycles. The van der Waals surface area contributed by atoms with Gasteiger partial charge in [0.05, 0.1) is 24.6 Å². The Labute approximate surface area is 179 Å². The summed E-state index contributed by atoms with van der Waals surface area (Å²) in [5.74, 6) is 2.60. The second-order valence-corrected chi connectivity index (χ2v) is 8.90. The number of ether oxygens (including phenoxy) is 1. The van der Waals surface area contributed by atoms with Gasteiger partial charge in [-0.2, -0.15) is 5.10 Å². The lowest BCUT2D eigenvalue weighted by molar-refractivity contribution is 0.0272. The number of thiophene rings is 1. The van der Waals surface area contributed by atoms with Crippen LogP contribution in [-0.4, -0.2) is 45.5 Å². The third-order valence-electron chi connectivity index (χ3n) is 5.85. The second-order valence-electron chi connectivity index (χ2n) is 8.04. The molecule has 1 saturated carbocycles. The van der Waals surface area contributed by atoms with Crippen LogP contribution in [0.3, 0.4) is 0 Å². The van der Waals surface area contributed by atoms with Crippen molar-refractivity contribution in [3.8, 4) is 11.1 Å². The van der Waals surface area contributed by atoms with Crippen LogP contribution in [0.4, 0.5) is 5.82 Å². The lowest BCUT2D eigenvalue weighted by atomic mass is 10.1. The van der Waals surface area contributed by atoms with Crippen LogP contribution in [0.1, 0.15) is 24.6 Å². The lowest BCUT2D eigenvalue weighted by Gasteiger charge is -2.34. The van der Waals surface area contributed by atoms with E-state index in [1.807, 2.05) is 23.1 Å². The zero-order chi connectivity index (χ0) is 19.9. The van der Waals surface area contributed by atoms with Crippen molar-refractivity contribution in [2.24, 2.45) is 0 Å². The molecule has 0 bridgehead atoms. The molecule has 2 fully saturated rings. The largest absolute Gasteiger partial charge is 0.373 e. The van der Waals surface area contributed by atoms with Crippen LogP contribution in [0, 0.1) is 0 Å². The van der Waals surface area contributed by atoms with Gasteiger partial charge >= 0.3 is 0 Å². The van der Waals surface area contributed by atoms with Gasteiger partial charge in [-0.05, 0) is 24.5 Å². The van der Waals surface area contributed by atoms with E-state index >= 15 is 0 Å². The highest BCUT2D eigenvalue weighted by molar-refractivity contribution is 7.17. The molecule has 0 N–H and O–H groups in total. The van der Waals surface area contributed by atoms with Crippen molar-refractivity contribution < 1.29 is 4.74 Å². The molecule has 2 aliphatic rings. The monoisotopic (exact) mass is 417 g/mol. The molecule has 6 nitrogen and oxygen atoms in total. The predicted molar refractivity (Wildman–Crippen MR) is 119 cm³/mol. The van der Waals surface area contributed by atoms with E-state index in [1.165, 1.54) is 29.4 Å². The van der Waals surface area contributed by atoms with Crippen LogP contribution < -0.4 is 4.90 Å². The Balaban J connectivity index is 1.41. The summed E-state index contributed by atoms with van der Waals surface area (Å²) in [7, 11) is 0. The number of aromatic nitrogens is 4. The summed E-state index contributed by atoms with van der Waals surface area (Å²) >= 11 is 1.73. The van der Waals surface area contributed by atoms with Crippen molar-refractivity contribution in [2.45, 2.75) is 31.4 Å². The average Bonchev–Trinajstić information content (AvgIpc) is 3.35. The normalized spacial score (nSPS) is 19.5. The molecule has 1 atom stereocenters. The standard InChI is InChI=1S/C23H23N5OS/c1-2-5-16(6-3-1)19-15-30-23-20(19)22(25-21(26-23)17-7-8-17)27-11-12-29-18(13-27)14-28-10-4-9-24-28/h1-6,9-10,15,17-18H,7-8,11-14H2. The molecule has 152 valence electrons. The topological polar surface area (TPSA) is 56.1 Å².